The van der Waals surface area contributed by atoms with Crippen LogP contribution in [-0.4, -0.2) is 43.2 Å². The maximum absolute atomic E-state index is 12.9. The molecular formula is C15H24N2O2S. The summed E-state index contributed by atoms with van der Waals surface area (Å²) in [7, 11) is 1.68. The van der Waals surface area contributed by atoms with Gasteiger partial charge in [0, 0.05) is 18.5 Å². The number of thiophene rings is 1. The van der Waals surface area contributed by atoms with Gasteiger partial charge in [-0.15, -0.1) is 11.3 Å². The minimum Gasteiger partial charge on any atom is -0.383 e. The minimum absolute atomic E-state index is 0.225. The molecule has 5 heteroatoms. The first-order valence-electron chi connectivity index (χ1n) is 7.27. The van der Waals surface area contributed by atoms with Crippen LogP contribution in [0.3, 0.4) is 0 Å². The summed E-state index contributed by atoms with van der Waals surface area (Å²) in [6.07, 6.45) is 2.87. The maximum Gasteiger partial charge on any atom is 0.243 e. The van der Waals surface area contributed by atoms with Crippen LogP contribution >= 0.6 is 11.3 Å². The van der Waals surface area contributed by atoms with Crippen LogP contribution < -0.4 is 5.32 Å². The van der Waals surface area contributed by atoms with Gasteiger partial charge >= 0.3 is 0 Å². The van der Waals surface area contributed by atoms with Crippen molar-refractivity contribution in [2.75, 3.05) is 26.8 Å². The Bertz CT molecular complexity index is 414. The fraction of sp³-hybridized carbons (Fsp3) is 0.667. The number of hydrogen-bond acceptors (Lipinski definition) is 4. The highest BCUT2D eigenvalue weighted by atomic mass is 32.1. The van der Waals surface area contributed by atoms with E-state index >= 15 is 0 Å². The Labute approximate surface area is 125 Å². The molecule has 0 spiro atoms. The van der Waals surface area contributed by atoms with E-state index in [1.54, 1.807) is 18.4 Å². The van der Waals surface area contributed by atoms with Gasteiger partial charge in [0.1, 0.15) is 0 Å². The third-order valence-corrected chi connectivity index (χ3v) is 4.90. The Kier molecular flexibility index (Phi) is 5.57. The van der Waals surface area contributed by atoms with Crippen molar-refractivity contribution >= 4 is 17.2 Å². The lowest BCUT2D eigenvalue weighted by Crippen LogP contribution is -2.54. The molecule has 0 saturated carbocycles. The number of rotatable bonds is 7. The van der Waals surface area contributed by atoms with Crippen molar-refractivity contribution in [2.24, 2.45) is 0 Å². The van der Waals surface area contributed by atoms with Crippen LogP contribution in [0.15, 0.2) is 17.5 Å². The average Bonchev–Trinajstić information content (AvgIpc) is 3.14. The second-order valence-corrected chi connectivity index (χ2v) is 6.30. The molecule has 0 aromatic carbocycles. The Morgan fingerprint density at radius 2 is 2.45 bits per heavy atom. The van der Waals surface area contributed by atoms with Crippen LogP contribution in [-0.2, 0) is 16.1 Å². The molecule has 1 amide bonds. The topological polar surface area (TPSA) is 41.6 Å². The van der Waals surface area contributed by atoms with E-state index in [1.165, 1.54) is 4.88 Å². The first-order valence-corrected chi connectivity index (χ1v) is 8.15. The van der Waals surface area contributed by atoms with E-state index in [9.17, 15) is 4.79 Å². The summed E-state index contributed by atoms with van der Waals surface area (Å²) in [5.41, 5.74) is -0.356. The predicted molar refractivity (Wildman–Crippen MR) is 81.9 cm³/mol. The number of ether oxygens (including phenoxy) is 1. The van der Waals surface area contributed by atoms with Crippen molar-refractivity contribution in [3.63, 3.8) is 0 Å². The highest BCUT2D eigenvalue weighted by molar-refractivity contribution is 7.09. The zero-order valence-corrected chi connectivity index (χ0v) is 13.2. The number of hydrogen-bond donors (Lipinski definition) is 1. The fourth-order valence-electron chi connectivity index (χ4n) is 2.79. The summed E-state index contributed by atoms with van der Waals surface area (Å²) in [6.45, 7) is 4.95. The molecule has 1 fully saturated rings. The van der Waals surface area contributed by atoms with Crippen molar-refractivity contribution in [1.29, 1.82) is 0 Å². The Balaban J connectivity index is 2.10. The van der Waals surface area contributed by atoms with Crippen molar-refractivity contribution in [3.8, 4) is 0 Å². The standard InChI is InChI=1S/C15H24N2O2S/c1-3-15(7-5-8-16-15)14(18)17(9-10-19-2)12-13-6-4-11-20-13/h4,6,11,16H,3,5,7-10,12H2,1-2H3. The molecule has 1 aliphatic heterocycles. The van der Waals surface area contributed by atoms with Crippen LogP contribution in [0.4, 0.5) is 0 Å². The monoisotopic (exact) mass is 296 g/mol. The number of methoxy groups -OCH3 is 1. The molecule has 0 radical (unpaired) electrons. The predicted octanol–water partition coefficient (Wildman–Crippen LogP) is 2.26. The Morgan fingerprint density at radius 1 is 1.60 bits per heavy atom. The molecule has 1 atom stereocenters. The smallest absolute Gasteiger partial charge is 0.243 e. The lowest BCUT2D eigenvalue weighted by atomic mass is 9.92. The van der Waals surface area contributed by atoms with E-state index in [0.29, 0.717) is 19.7 Å². The Hall–Kier alpha value is -0.910. The molecule has 4 nitrogen and oxygen atoms in total. The second kappa shape index (κ2) is 7.20. The zero-order valence-electron chi connectivity index (χ0n) is 12.4. The lowest BCUT2D eigenvalue weighted by molar-refractivity contribution is -0.139. The summed E-state index contributed by atoms with van der Waals surface area (Å²) in [5, 5.41) is 5.48. The molecule has 112 valence electrons. The van der Waals surface area contributed by atoms with E-state index in [2.05, 4.69) is 23.7 Å². The van der Waals surface area contributed by atoms with Gasteiger partial charge in [-0.05, 0) is 37.3 Å². The molecule has 0 aliphatic carbocycles. The molecule has 1 saturated heterocycles. The summed E-state index contributed by atoms with van der Waals surface area (Å²) in [4.78, 5) is 16.1. The molecule has 1 aromatic rings. The normalized spacial score (nSPS) is 22.1. The molecule has 1 unspecified atom stereocenters. The van der Waals surface area contributed by atoms with Crippen LogP contribution in [0.25, 0.3) is 0 Å². The summed E-state index contributed by atoms with van der Waals surface area (Å²) < 4.78 is 5.16. The van der Waals surface area contributed by atoms with Gasteiger partial charge in [0.15, 0.2) is 0 Å². The van der Waals surface area contributed by atoms with E-state index < -0.39 is 0 Å². The van der Waals surface area contributed by atoms with E-state index in [4.69, 9.17) is 4.74 Å². The third-order valence-electron chi connectivity index (χ3n) is 4.04. The first-order chi connectivity index (χ1) is 9.72. The van der Waals surface area contributed by atoms with Crippen LogP contribution in [0.1, 0.15) is 31.1 Å². The van der Waals surface area contributed by atoms with Crippen LogP contribution in [0.2, 0.25) is 0 Å². The molecule has 1 aromatic heterocycles. The van der Waals surface area contributed by atoms with Gasteiger partial charge in [-0.2, -0.15) is 0 Å². The number of amides is 1. The number of nitrogens with one attached hydrogen (secondary N) is 1. The molecule has 2 heterocycles. The van der Waals surface area contributed by atoms with Gasteiger partial charge in [0.25, 0.3) is 0 Å². The largest absolute Gasteiger partial charge is 0.383 e. The maximum atomic E-state index is 12.9. The molecule has 1 N–H and O–H groups in total. The van der Waals surface area contributed by atoms with Crippen molar-refractivity contribution in [2.45, 2.75) is 38.3 Å². The molecule has 1 aliphatic rings. The number of carbonyl (C=O) groups excluding carboxylic acids is 1. The van der Waals surface area contributed by atoms with E-state index in [-0.39, 0.29) is 11.4 Å². The summed E-state index contributed by atoms with van der Waals surface area (Å²) >= 11 is 1.70. The van der Waals surface area contributed by atoms with Crippen molar-refractivity contribution in [3.05, 3.63) is 22.4 Å². The third kappa shape index (κ3) is 3.40. The van der Waals surface area contributed by atoms with E-state index in [0.717, 1.165) is 25.8 Å². The summed E-state index contributed by atoms with van der Waals surface area (Å²) in [5.74, 6) is 0.225. The van der Waals surface area contributed by atoms with Gasteiger partial charge in [-0.25, -0.2) is 0 Å². The Morgan fingerprint density at radius 3 is 3.00 bits per heavy atom. The highest BCUT2D eigenvalue weighted by Crippen LogP contribution is 2.26. The van der Waals surface area contributed by atoms with Crippen molar-refractivity contribution in [1.82, 2.24) is 10.2 Å². The van der Waals surface area contributed by atoms with Crippen LogP contribution in [0, 0.1) is 0 Å². The van der Waals surface area contributed by atoms with Gasteiger partial charge in [-0.3, -0.25) is 4.79 Å². The fourth-order valence-corrected chi connectivity index (χ4v) is 3.51. The average molecular weight is 296 g/mol. The minimum atomic E-state index is -0.356. The van der Waals surface area contributed by atoms with Gasteiger partial charge in [-0.1, -0.05) is 13.0 Å². The van der Waals surface area contributed by atoms with Gasteiger partial charge in [0.2, 0.25) is 5.91 Å². The van der Waals surface area contributed by atoms with E-state index in [1.807, 2.05) is 11.0 Å². The molecular weight excluding hydrogens is 272 g/mol. The van der Waals surface area contributed by atoms with Crippen molar-refractivity contribution < 1.29 is 9.53 Å². The second-order valence-electron chi connectivity index (χ2n) is 5.26. The number of carbonyl (C=O) groups is 1. The SMILES string of the molecule is CCC1(C(=O)N(CCOC)Cc2cccs2)CCCN1. The quantitative estimate of drug-likeness (QED) is 0.839. The first kappa shape index (κ1) is 15.5. The zero-order chi connectivity index (χ0) is 14.4. The van der Waals surface area contributed by atoms with Gasteiger partial charge in [0.05, 0.1) is 18.7 Å². The van der Waals surface area contributed by atoms with Crippen LogP contribution in [0.5, 0.6) is 0 Å². The molecule has 2 rings (SSSR count). The molecule has 0 bridgehead atoms. The highest BCUT2D eigenvalue weighted by Gasteiger charge is 2.41. The lowest BCUT2D eigenvalue weighted by Gasteiger charge is -2.33. The molecule has 20 heavy (non-hydrogen) atoms. The number of nitrogens with zero attached hydrogens (tertiary/aromatic N) is 1. The van der Waals surface area contributed by atoms with Gasteiger partial charge < -0.3 is 15.0 Å². The summed E-state index contributed by atoms with van der Waals surface area (Å²) in [6, 6.07) is 4.11.